The average molecular weight is 288 g/mol. The molecule has 1 aromatic carbocycles. The number of benzene rings is 1. The molecule has 108 valence electrons. The van der Waals surface area contributed by atoms with Gasteiger partial charge in [0.1, 0.15) is 0 Å². The zero-order chi connectivity index (χ0) is 14.4. The summed E-state index contributed by atoms with van der Waals surface area (Å²) >= 11 is 1.81. The van der Waals surface area contributed by atoms with Gasteiger partial charge >= 0.3 is 0 Å². The largest absolute Gasteiger partial charge is 0.321 e. The van der Waals surface area contributed by atoms with E-state index in [1.807, 2.05) is 0 Å². The van der Waals surface area contributed by atoms with Gasteiger partial charge < -0.3 is 5.73 Å². The summed E-state index contributed by atoms with van der Waals surface area (Å²) in [5, 5.41) is 1.21. The second kappa shape index (κ2) is 4.81. The van der Waals surface area contributed by atoms with E-state index in [1.54, 1.807) is 11.3 Å². The first kappa shape index (κ1) is 14.0. The Hall–Kier alpha value is -0.930. The summed E-state index contributed by atoms with van der Waals surface area (Å²) < 4.78 is 1.28. The molecular formula is C17H24N2S. The SMILES string of the molecule is CC(C)(C)c1nc2cc(C3(N)CCCCC3)ccc2s1. The van der Waals surface area contributed by atoms with E-state index in [0.717, 1.165) is 18.4 Å². The minimum atomic E-state index is -0.127. The first-order valence-electron chi connectivity index (χ1n) is 7.59. The molecule has 3 rings (SSSR count). The van der Waals surface area contributed by atoms with Crippen LogP contribution < -0.4 is 5.73 Å². The van der Waals surface area contributed by atoms with Crippen molar-refractivity contribution in [2.75, 3.05) is 0 Å². The number of fused-ring (bicyclic) bond motifs is 1. The van der Waals surface area contributed by atoms with Crippen LogP contribution in [0.4, 0.5) is 0 Å². The van der Waals surface area contributed by atoms with E-state index in [9.17, 15) is 0 Å². The highest BCUT2D eigenvalue weighted by Gasteiger charge is 2.30. The Bertz CT molecular complexity index is 615. The molecule has 0 atom stereocenters. The first-order chi connectivity index (χ1) is 9.38. The van der Waals surface area contributed by atoms with Gasteiger partial charge in [0.25, 0.3) is 0 Å². The third kappa shape index (κ3) is 2.49. The van der Waals surface area contributed by atoms with Gasteiger partial charge in [-0.15, -0.1) is 11.3 Å². The second-order valence-corrected chi connectivity index (χ2v) is 8.20. The molecule has 3 heteroatoms. The van der Waals surface area contributed by atoms with Crippen LogP contribution >= 0.6 is 11.3 Å². The maximum absolute atomic E-state index is 6.64. The molecule has 1 aliphatic rings. The van der Waals surface area contributed by atoms with Gasteiger partial charge in [-0.05, 0) is 30.5 Å². The van der Waals surface area contributed by atoms with Gasteiger partial charge in [-0.1, -0.05) is 46.1 Å². The summed E-state index contributed by atoms with van der Waals surface area (Å²) in [6.45, 7) is 6.66. The van der Waals surface area contributed by atoms with Gasteiger partial charge in [0.15, 0.2) is 0 Å². The first-order valence-corrected chi connectivity index (χ1v) is 8.41. The molecule has 2 nitrogen and oxygen atoms in total. The normalized spacial score (nSPS) is 19.4. The monoisotopic (exact) mass is 288 g/mol. The third-order valence-electron chi connectivity index (χ3n) is 4.35. The standard InChI is InChI=1S/C17H24N2S/c1-16(2,3)15-19-13-11-12(7-8-14(13)20-15)17(18)9-5-4-6-10-17/h7-8,11H,4-6,9-10,18H2,1-3H3. The molecule has 0 amide bonds. The Morgan fingerprint density at radius 1 is 1.15 bits per heavy atom. The molecule has 1 aromatic heterocycles. The predicted octanol–water partition coefficient (Wildman–Crippen LogP) is 4.71. The van der Waals surface area contributed by atoms with Gasteiger partial charge in [0.05, 0.1) is 15.2 Å². The van der Waals surface area contributed by atoms with Crippen molar-refractivity contribution in [1.29, 1.82) is 0 Å². The summed E-state index contributed by atoms with van der Waals surface area (Å²) in [5.41, 5.74) is 9.02. The van der Waals surface area contributed by atoms with Crippen molar-refractivity contribution in [2.24, 2.45) is 5.73 Å². The summed E-state index contributed by atoms with van der Waals surface area (Å²) in [5.74, 6) is 0. The fourth-order valence-corrected chi connectivity index (χ4v) is 4.03. The molecule has 0 aliphatic heterocycles. The van der Waals surface area contributed by atoms with Crippen LogP contribution in [0.5, 0.6) is 0 Å². The Kier molecular flexibility index (Phi) is 3.38. The summed E-state index contributed by atoms with van der Waals surface area (Å²) in [6, 6.07) is 6.66. The van der Waals surface area contributed by atoms with Crippen molar-refractivity contribution in [3.05, 3.63) is 28.8 Å². The molecule has 1 saturated carbocycles. The molecule has 1 aliphatic carbocycles. The molecule has 2 N–H and O–H groups in total. The van der Waals surface area contributed by atoms with Crippen LogP contribution in [0.1, 0.15) is 63.4 Å². The van der Waals surface area contributed by atoms with E-state index < -0.39 is 0 Å². The van der Waals surface area contributed by atoms with Crippen LogP contribution in [0.25, 0.3) is 10.2 Å². The molecule has 2 aromatic rings. The van der Waals surface area contributed by atoms with Crippen molar-refractivity contribution >= 4 is 21.6 Å². The van der Waals surface area contributed by atoms with E-state index in [1.165, 1.54) is 34.5 Å². The van der Waals surface area contributed by atoms with Gasteiger partial charge in [-0.25, -0.2) is 4.98 Å². The van der Waals surface area contributed by atoms with Gasteiger partial charge in [0.2, 0.25) is 0 Å². The Balaban J connectivity index is 2.02. The summed E-state index contributed by atoms with van der Waals surface area (Å²) in [4.78, 5) is 4.83. The predicted molar refractivity (Wildman–Crippen MR) is 87.3 cm³/mol. The highest BCUT2D eigenvalue weighted by Crippen LogP contribution is 2.37. The van der Waals surface area contributed by atoms with E-state index >= 15 is 0 Å². The number of thiazole rings is 1. The number of rotatable bonds is 1. The lowest BCUT2D eigenvalue weighted by molar-refractivity contribution is 0.302. The van der Waals surface area contributed by atoms with Crippen molar-refractivity contribution < 1.29 is 0 Å². The lowest BCUT2D eigenvalue weighted by Gasteiger charge is -2.33. The third-order valence-corrected chi connectivity index (χ3v) is 5.81. The molecule has 0 unspecified atom stereocenters. The van der Waals surface area contributed by atoms with E-state index in [4.69, 9.17) is 10.7 Å². The van der Waals surface area contributed by atoms with Gasteiger partial charge in [0, 0.05) is 11.0 Å². The van der Waals surface area contributed by atoms with Crippen LogP contribution in [-0.4, -0.2) is 4.98 Å². The maximum atomic E-state index is 6.64. The van der Waals surface area contributed by atoms with Crippen molar-refractivity contribution in [3.63, 3.8) is 0 Å². The smallest absolute Gasteiger partial charge is 0.0992 e. The quantitative estimate of drug-likeness (QED) is 0.825. The fourth-order valence-electron chi connectivity index (χ4n) is 3.03. The van der Waals surface area contributed by atoms with Gasteiger partial charge in [-0.3, -0.25) is 0 Å². The van der Waals surface area contributed by atoms with Crippen molar-refractivity contribution in [3.8, 4) is 0 Å². The number of nitrogens with zero attached hydrogens (tertiary/aromatic N) is 1. The summed E-state index contributed by atoms with van der Waals surface area (Å²) in [7, 11) is 0. The molecule has 0 bridgehead atoms. The van der Waals surface area contributed by atoms with Crippen LogP contribution in [0.2, 0.25) is 0 Å². The summed E-state index contributed by atoms with van der Waals surface area (Å²) in [6.07, 6.45) is 6.04. The van der Waals surface area contributed by atoms with Crippen LogP contribution in [0, 0.1) is 0 Å². The lowest BCUT2D eigenvalue weighted by atomic mass is 9.77. The number of aromatic nitrogens is 1. The molecule has 1 fully saturated rings. The molecule has 0 saturated heterocycles. The van der Waals surface area contributed by atoms with E-state index in [2.05, 4.69) is 39.0 Å². The van der Waals surface area contributed by atoms with Crippen LogP contribution in [0.15, 0.2) is 18.2 Å². The fraction of sp³-hybridized carbons (Fsp3) is 0.588. The zero-order valence-corrected chi connectivity index (χ0v) is 13.5. The molecule has 0 radical (unpaired) electrons. The van der Waals surface area contributed by atoms with Crippen molar-refractivity contribution in [1.82, 2.24) is 4.98 Å². The molecule has 20 heavy (non-hydrogen) atoms. The number of nitrogens with two attached hydrogens (primary N) is 1. The molecule has 1 heterocycles. The zero-order valence-electron chi connectivity index (χ0n) is 12.7. The Morgan fingerprint density at radius 2 is 1.85 bits per heavy atom. The van der Waals surface area contributed by atoms with E-state index in [0.29, 0.717) is 0 Å². The highest BCUT2D eigenvalue weighted by molar-refractivity contribution is 7.18. The Labute approximate surface area is 125 Å². The number of hydrogen-bond acceptors (Lipinski definition) is 3. The van der Waals surface area contributed by atoms with E-state index in [-0.39, 0.29) is 11.0 Å². The topological polar surface area (TPSA) is 38.9 Å². The van der Waals surface area contributed by atoms with Gasteiger partial charge in [-0.2, -0.15) is 0 Å². The number of hydrogen-bond donors (Lipinski definition) is 1. The van der Waals surface area contributed by atoms with Crippen LogP contribution in [0.3, 0.4) is 0 Å². The molecule has 0 spiro atoms. The molecular weight excluding hydrogens is 264 g/mol. The average Bonchev–Trinajstić information content (AvgIpc) is 2.82. The highest BCUT2D eigenvalue weighted by atomic mass is 32.1. The minimum absolute atomic E-state index is 0.120. The van der Waals surface area contributed by atoms with Crippen molar-refractivity contribution in [2.45, 2.75) is 63.8 Å². The van der Waals surface area contributed by atoms with Crippen LogP contribution in [-0.2, 0) is 11.0 Å². The maximum Gasteiger partial charge on any atom is 0.0992 e. The lowest BCUT2D eigenvalue weighted by Crippen LogP contribution is -2.38. The Morgan fingerprint density at radius 3 is 2.50 bits per heavy atom. The minimum Gasteiger partial charge on any atom is -0.321 e. The second-order valence-electron chi connectivity index (χ2n) is 7.17.